The van der Waals surface area contributed by atoms with Crippen LogP contribution in [0.5, 0.6) is 0 Å². The van der Waals surface area contributed by atoms with Crippen molar-refractivity contribution in [3.63, 3.8) is 0 Å². The summed E-state index contributed by atoms with van der Waals surface area (Å²) in [6.07, 6.45) is 2.47. The van der Waals surface area contributed by atoms with Gasteiger partial charge in [-0.05, 0) is 45.6 Å². The first kappa shape index (κ1) is 18.8. The molecule has 0 N–H and O–H groups in total. The third-order valence-electron chi connectivity index (χ3n) is 4.18. The zero-order chi connectivity index (χ0) is 17.3. The van der Waals surface area contributed by atoms with Gasteiger partial charge in [0.2, 0.25) is 0 Å². The molecule has 1 heterocycles. The summed E-state index contributed by atoms with van der Waals surface area (Å²) in [5.74, 6) is -0.845. The van der Waals surface area contributed by atoms with Crippen molar-refractivity contribution in [2.24, 2.45) is 5.92 Å². The number of aryl methyl sites for hydroxylation is 1. The number of thioether (sulfide) groups is 1. The maximum Gasteiger partial charge on any atom is 0.190 e. The van der Waals surface area contributed by atoms with E-state index in [0.717, 1.165) is 12.0 Å². The van der Waals surface area contributed by atoms with E-state index in [1.54, 1.807) is 12.1 Å². The highest BCUT2D eigenvalue weighted by Gasteiger charge is 2.44. The normalized spacial score (nSPS) is 26.0. The van der Waals surface area contributed by atoms with Gasteiger partial charge in [-0.2, -0.15) is 0 Å². The van der Waals surface area contributed by atoms with Gasteiger partial charge in [-0.15, -0.1) is 11.8 Å². The molecule has 0 amide bonds. The van der Waals surface area contributed by atoms with Gasteiger partial charge in [-0.3, -0.25) is 0 Å². The largest absolute Gasteiger partial charge is 0.350 e. The van der Waals surface area contributed by atoms with Crippen LogP contribution in [0.25, 0.3) is 0 Å². The lowest BCUT2D eigenvalue weighted by Gasteiger charge is -2.43. The Morgan fingerprint density at radius 3 is 2.43 bits per heavy atom. The highest BCUT2D eigenvalue weighted by atomic mass is 32.3. The summed E-state index contributed by atoms with van der Waals surface area (Å²) in [6.45, 7) is 8.10. The molecular formula is C17H26O4S2. The first-order valence-corrected chi connectivity index (χ1v) is 10.7. The molecule has 1 aromatic carbocycles. The fourth-order valence-corrected chi connectivity index (χ4v) is 6.37. The second-order valence-electron chi connectivity index (χ2n) is 6.40. The molecule has 1 aliphatic heterocycles. The maximum atomic E-state index is 13.1. The summed E-state index contributed by atoms with van der Waals surface area (Å²) in [5.41, 5.74) is 1.04. The minimum absolute atomic E-state index is 0.128. The lowest BCUT2D eigenvalue weighted by atomic mass is 10.0. The van der Waals surface area contributed by atoms with Crippen LogP contribution in [0.1, 0.15) is 32.8 Å². The molecule has 23 heavy (non-hydrogen) atoms. The van der Waals surface area contributed by atoms with Crippen LogP contribution in [0, 0.1) is 12.8 Å². The molecule has 4 nitrogen and oxygen atoms in total. The van der Waals surface area contributed by atoms with Gasteiger partial charge in [0.15, 0.2) is 15.6 Å². The summed E-state index contributed by atoms with van der Waals surface area (Å²) in [6, 6.07) is 7.03. The number of ether oxygens (including phenoxy) is 2. The Hall–Kier alpha value is -0.560. The average Bonchev–Trinajstić information content (AvgIpc) is 2.49. The molecular weight excluding hydrogens is 332 g/mol. The van der Waals surface area contributed by atoms with Gasteiger partial charge >= 0.3 is 0 Å². The predicted molar refractivity (Wildman–Crippen MR) is 94.4 cm³/mol. The van der Waals surface area contributed by atoms with Crippen molar-refractivity contribution >= 4 is 21.6 Å². The summed E-state index contributed by atoms with van der Waals surface area (Å²) in [5, 5.41) is 0. The SMILES string of the molecule is CC[C@H]1OC(C)(C)OC[C@@H]1C(SC)S(=O)(=O)c1ccc(C)cc1. The molecule has 0 aromatic heterocycles. The summed E-state index contributed by atoms with van der Waals surface area (Å²) in [4.78, 5) is 0.363. The van der Waals surface area contributed by atoms with Gasteiger partial charge in [0.1, 0.15) is 4.58 Å². The number of rotatable bonds is 5. The van der Waals surface area contributed by atoms with Crippen molar-refractivity contribution in [2.45, 2.75) is 55.5 Å². The van der Waals surface area contributed by atoms with E-state index in [4.69, 9.17) is 9.47 Å². The second-order valence-corrected chi connectivity index (χ2v) is 9.75. The van der Waals surface area contributed by atoms with Crippen molar-refractivity contribution in [3.8, 4) is 0 Å². The zero-order valence-corrected chi connectivity index (χ0v) is 16.0. The molecule has 1 fully saturated rings. The fourth-order valence-electron chi connectivity index (χ4n) is 2.92. The van der Waals surface area contributed by atoms with Crippen LogP contribution in [-0.4, -0.2) is 37.8 Å². The molecule has 0 aliphatic carbocycles. The lowest BCUT2D eigenvalue weighted by molar-refractivity contribution is -0.291. The molecule has 1 aliphatic rings. The van der Waals surface area contributed by atoms with Gasteiger partial charge in [0.25, 0.3) is 0 Å². The van der Waals surface area contributed by atoms with Crippen molar-refractivity contribution < 1.29 is 17.9 Å². The Bertz CT molecular complexity index is 622. The van der Waals surface area contributed by atoms with Gasteiger partial charge < -0.3 is 9.47 Å². The van der Waals surface area contributed by atoms with E-state index >= 15 is 0 Å². The number of hydrogen-bond donors (Lipinski definition) is 0. The van der Waals surface area contributed by atoms with Crippen LogP contribution in [-0.2, 0) is 19.3 Å². The summed E-state index contributed by atoms with van der Waals surface area (Å²) >= 11 is 1.35. The Labute approximate surface area is 143 Å². The summed E-state index contributed by atoms with van der Waals surface area (Å²) in [7, 11) is -3.44. The van der Waals surface area contributed by atoms with Crippen LogP contribution in [0.3, 0.4) is 0 Å². The topological polar surface area (TPSA) is 52.6 Å². The second kappa shape index (κ2) is 7.13. The van der Waals surface area contributed by atoms with Crippen LogP contribution < -0.4 is 0 Å². The minimum Gasteiger partial charge on any atom is -0.350 e. The minimum atomic E-state index is -3.44. The molecule has 130 valence electrons. The van der Waals surface area contributed by atoms with Gasteiger partial charge in [-0.25, -0.2) is 8.42 Å². The Kier molecular flexibility index (Phi) is 5.82. The maximum absolute atomic E-state index is 13.1. The summed E-state index contributed by atoms with van der Waals surface area (Å²) < 4.78 is 37.3. The van der Waals surface area contributed by atoms with Crippen LogP contribution >= 0.6 is 11.8 Å². The molecule has 6 heteroatoms. The smallest absolute Gasteiger partial charge is 0.190 e. The van der Waals surface area contributed by atoms with Crippen molar-refractivity contribution in [3.05, 3.63) is 29.8 Å². The fraction of sp³-hybridized carbons (Fsp3) is 0.647. The standard InChI is InChI=1S/C17H26O4S2/c1-6-15-14(11-20-17(3,4)21-15)16(22-5)23(18,19)13-9-7-12(2)8-10-13/h7-10,14-16H,6,11H2,1-5H3/t14-,15+,16?/m0/s1. The predicted octanol–water partition coefficient (Wildman–Crippen LogP) is 3.64. The third-order valence-corrected chi connectivity index (χ3v) is 8.22. The highest BCUT2D eigenvalue weighted by molar-refractivity contribution is 8.13. The lowest BCUT2D eigenvalue weighted by Crippen LogP contribution is -2.50. The van der Waals surface area contributed by atoms with E-state index in [1.807, 2.05) is 46.1 Å². The van der Waals surface area contributed by atoms with E-state index in [-0.39, 0.29) is 12.0 Å². The molecule has 2 rings (SSSR count). The molecule has 3 atom stereocenters. The molecule has 0 saturated carbocycles. The van der Waals surface area contributed by atoms with E-state index in [9.17, 15) is 8.42 Å². The molecule has 1 unspecified atom stereocenters. The average molecular weight is 359 g/mol. The van der Waals surface area contributed by atoms with E-state index in [2.05, 4.69) is 0 Å². The molecule has 0 radical (unpaired) electrons. The highest BCUT2D eigenvalue weighted by Crippen LogP contribution is 2.38. The van der Waals surface area contributed by atoms with Crippen molar-refractivity contribution in [1.29, 1.82) is 0 Å². The first-order valence-electron chi connectivity index (χ1n) is 7.86. The Morgan fingerprint density at radius 2 is 1.91 bits per heavy atom. The molecule has 1 aromatic rings. The van der Waals surface area contributed by atoms with Crippen LogP contribution in [0.15, 0.2) is 29.2 Å². The van der Waals surface area contributed by atoms with E-state index in [0.29, 0.717) is 11.5 Å². The molecule has 1 saturated heterocycles. The number of benzene rings is 1. The Morgan fingerprint density at radius 1 is 1.30 bits per heavy atom. The number of sulfone groups is 1. The van der Waals surface area contributed by atoms with Crippen molar-refractivity contribution in [1.82, 2.24) is 0 Å². The van der Waals surface area contributed by atoms with Gasteiger partial charge in [0.05, 0.1) is 17.6 Å². The van der Waals surface area contributed by atoms with Gasteiger partial charge in [-0.1, -0.05) is 24.6 Å². The Balaban J connectivity index is 2.32. The molecule has 0 spiro atoms. The monoisotopic (exact) mass is 358 g/mol. The third kappa shape index (κ3) is 4.10. The van der Waals surface area contributed by atoms with E-state index < -0.39 is 20.2 Å². The number of hydrogen-bond acceptors (Lipinski definition) is 5. The quantitative estimate of drug-likeness (QED) is 0.804. The van der Waals surface area contributed by atoms with Gasteiger partial charge in [0, 0.05) is 5.92 Å². The van der Waals surface area contributed by atoms with Crippen molar-refractivity contribution in [2.75, 3.05) is 12.9 Å². The van der Waals surface area contributed by atoms with Crippen LogP contribution in [0.2, 0.25) is 0 Å². The zero-order valence-electron chi connectivity index (χ0n) is 14.4. The van der Waals surface area contributed by atoms with Crippen LogP contribution in [0.4, 0.5) is 0 Å². The van der Waals surface area contributed by atoms with E-state index in [1.165, 1.54) is 11.8 Å². The first-order chi connectivity index (χ1) is 10.7. The molecule has 0 bridgehead atoms.